The first-order valence-corrected chi connectivity index (χ1v) is 5.46. The number of esters is 1. The summed E-state index contributed by atoms with van der Waals surface area (Å²) in [5, 5.41) is 10.6. The van der Waals surface area contributed by atoms with Gasteiger partial charge in [-0.3, -0.25) is 24.3 Å². The first-order valence-electron chi connectivity index (χ1n) is 5.46. The topological polar surface area (TPSA) is 91.4 Å². The third kappa shape index (κ3) is 3.41. The summed E-state index contributed by atoms with van der Waals surface area (Å²) in [4.78, 5) is 33.1. The van der Waals surface area contributed by atoms with Gasteiger partial charge < -0.3 is 4.74 Å². The molecule has 0 unspecified atom stereocenters. The second-order valence-electron chi connectivity index (χ2n) is 3.79. The first kappa shape index (κ1) is 13.9. The molecule has 0 saturated heterocycles. The highest BCUT2D eigenvalue weighted by molar-refractivity contribution is 5.69. The van der Waals surface area contributed by atoms with Crippen molar-refractivity contribution < 1.29 is 14.5 Å². The average Bonchev–Trinajstić information content (AvgIpc) is 2.31. The number of ether oxygens (including phenoxy) is 1. The zero-order valence-electron chi connectivity index (χ0n) is 10.2. The van der Waals surface area contributed by atoms with Gasteiger partial charge in [0.15, 0.2) is 0 Å². The highest BCUT2D eigenvalue weighted by atomic mass is 16.6. The normalized spacial score (nSPS) is 10.1. The minimum Gasteiger partial charge on any atom is -0.464 e. The van der Waals surface area contributed by atoms with E-state index in [1.165, 1.54) is 13.0 Å². The van der Waals surface area contributed by atoms with E-state index in [2.05, 4.69) is 0 Å². The van der Waals surface area contributed by atoms with E-state index in [1.54, 1.807) is 0 Å². The number of rotatable bonds is 5. The van der Waals surface area contributed by atoms with E-state index in [0.717, 1.165) is 10.8 Å². The Balaban J connectivity index is 2.98. The molecule has 0 fully saturated rings. The summed E-state index contributed by atoms with van der Waals surface area (Å²) in [5.74, 6) is -0.584. The summed E-state index contributed by atoms with van der Waals surface area (Å²) in [6, 6.07) is 1.18. The summed E-state index contributed by atoms with van der Waals surface area (Å²) in [6.07, 6.45) is 1.72. The Labute approximate surface area is 103 Å². The van der Waals surface area contributed by atoms with Gasteiger partial charge in [-0.2, -0.15) is 0 Å². The standard InChI is InChI=1S/C11H14N2O5/c1-3-4-18-10(14)7-12-6-9(13(16)17)5-8(2)11(12)15/h5-6H,3-4,7H2,1-2H3. The maximum absolute atomic E-state index is 11.7. The number of nitrogens with zero attached hydrogens (tertiary/aromatic N) is 2. The summed E-state index contributed by atoms with van der Waals surface area (Å²) in [6.45, 7) is 3.25. The summed E-state index contributed by atoms with van der Waals surface area (Å²) < 4.78 is 5.81. The van der Waals surface area contributed by atoms with Gasteiger partial charge in [-0.15, -0.1) is 0 Å². The highest BCUT2D eigenvalue weighted by Gasteiger charge is 2.13. The second kappa shape index (κ2) is 5.95. The van der Waals surface area contributed by atoms with Crippen LogP contribution in [-0.2, 0) is 16.1 Å². The average molecular weight is 254 g/mol. The SMILES string of the molecule is CCCOC(=O)Cn1cc([N+](=O)[O-])cc(C)c1=O. The largest absolute Gasteiger partial charge is 0.464 e. The van der Waals surface area contributed by atoms with E-state index in [0.29, 0.717) is 6.42 Å². The van der Waals surface area contributed by atoms with Crippen molar-refractivity contribution in [3.63, 3.8) is 0 Å². The number of carbonyl (C=O) groups excluding carboxylic acids is 1. The molecule has 18 heavy (non-hydrogen) atoms. The van der Waals surface area contributed by atoms with Gasteiger partial charge in [0, 0.05) is 11.6 Å². The van der Waals surface area contributed by atoms with Crippen molar-refractivity contribution in [2.24, 2.45) is 0 Å². The fraction of sp³-hybridized carbons (Fsp3) is 0.455. The number of hydrogen-bond donors (Lipinski definition) is 0. The highest BCUT2D eigenvalue weighted by Crippen LogP contribution is 2.09. The van der Waals surface area contributed by atoms with E-state index >= 15 is 0 Å². The van der Waals surface area contributed by atoms with Crippen LogP contribution in [0.5, 0.6) is 0 Å². The Hall–Kier alpha value is -2.18. The lowest BCUT2D eigenvalue weighted by molar-refractivity contribution is -0.385. The summed E-state index contributed by atoms with van der Waals surface area (Å²) in [5.41, 5.74) is -0.447. The number of hydrogen-bond acceptors (Lipinski definition) is 5. The maximum atomic E-state index is 11.7. The predicted octanol–water partition coefficient (Wildman–Crippen LogP) is 1.02. The van der Waals surface area contributed by atoms with Crippen molar-refractivity contribution in [3.8, 4) is 0 Å². The molecule has 98 valence electrons. The first-order chi connectivity index (χ1) is 8.45. The van der Waals surface area contributed by atoms with Gasteiger partial charge in [-0.1, -0.05) is 6.92 Å². The number of carbonyl (C=O) groups is 1. The minimum absolute atomic E-state index is 0.215. The monoisotopic (exact) mass is 254 g/mol. The summed E-state index contributed by atoms with van der Waals surface area (Å²) in [7, 11) is 0. The minimum atomic E-state index is -0.611. The predicted molar refractivity (Wildman–Crippen MR) is 63.3 cm³/mol. The molecule has 0 bridgehead atoms. The van der Waals surface area contributed by atoms with E-state index in [4.69, 9.17) is 4.74 Å². The molecule has 0 aliphatic heterocycles. The van der Waals surface area contributed by atoms with E-state index < -0.39 is 16.5 Å². The van der Waals surface area contributed by atoms with Crippen molar-refractivity contribution in [2.75, 3.05) is 6.61 Å². The number of aryl methyl sites for hydroxylation is 1. The van der Waals surface area contributed by atoms with Crippen molar-refractivity contribution in [1.82, 2.24) is 4.57 Å². The van der Waals surface area contributed by atoms with Gasteiger partial charge in [0.25, 0.3) is 11.2 Å². The molecule has 7 heteroatoms. The van der Waals surface area contributed by atoms with Gasteiger partial charge in [0.05, 0.1) is 17.7 Å². The summed E-state index contributed by atoms with van der Waals surface area (Å²) >= 11 is 0. The van der Waals surface area contributed by atoms with Gasteiger partial charge >= 0.3 is 5.97 Å². The van der Waals surface area contributed by atoms with Crippen LogP contribution in [0, 0.1) is 17.0 Å². The van der Waals surface area contributed by atoms with Gasteiger partial charge in [-0.25, -0.2) is 0 Å². The fourth-order valence-electron chi connectivity index (χ4n) is 1.38. The molecule has 7 nitrogen and oxygen atoms in total. The van der Waals surface area contributed by atoms with Crippen LogP contribution in [0.25, 0.3) is 0 Å². The van der Waals surface area contributed by atoms with Crippen molar-refractivity contribution >= 4 is 11.7 Å². The molecule has 0 aromatic carbocycles. The molecule has 1 aromatic heterocycles. The molecular formula is C11H14N2O5. The molecule has 0 aliphatic rings. The molecule has 0 spiro atoms. The van der Waals surface area contributed by atoms with Gasteiger partial charge in [-0.05, 0) is 13.3 Å². The van der Waals surface area contributed by atoms with E-state index in [-0.39, 0.29) is 24.4 Å². The Morgan fingerprint density at radius 3 is 2.78 bits per heavy atom. The Bertz CT molecular complexity index is 521. The van der Waals surface area contributed by atoms with Crippen molar-refractivity contribution in [2.45, 2.75) is 26.8 Å². The molecule has 0 saturated carbocycles. The van der Waals surface area contributed by atoms with Crippen LogP contribution in [0.2, 0.25) is 0 Å². The van der Waals surface area contributed by atoms with Crippen LogP contribution in [0.3, 0.4) is 0 Å². The zero-order valence-corrected chi connectivity index (χ0v) is 10.2. The zero-order chi connectivity index (χ0) is 13.7. The lowest BCUT2D eigenvalue weighted by atomic mass is 10.3. The smallest absolute Gasteiger partial charge is 0.326 e. The lowest BCUT2D eigenvalue weighted by Gasteiger charge is -2.06. The number of nitro groups is 1. The molecule has 0 radical (unpaired) electrons. The molecule has 1 rings (SSSR count). The van der Waals surface area contributed by atoms with Crippen LogP contribution in [0.15, 0.2) is 17.1 Å². The van der Waals surface area contributed by atoms with Crippen LogP contribution >= 0.6 is 0 Å². The van der Waals surface area contributed by atoms with Crippen molar-refractivity contribution in [3.05, 3.63) is 38.3 Å². The van der Waals surface area contributed by atoms with Gasteiger partial charge in [0.1, 0.15) is 6.54 Å². The van der Waals surface area contributed by atoms with Crippen LogP contribution in [-0.4, -0.2) is 22.1 Å². The Morgan fingerprint density at radius 1 is 1.56 bits per heavy atom. The fourth-order valence-corrected chi connectivity index (χ4v) is 1.38. The quantitative estimate of drug-likeness (QED) is 0.444. The molecule has 0 amide bonds. The molecular weight excluding hydrogens is 240 g/mol. The molecule has 1 heterocycles. The Morgan fingerprint density at radius 2 is 2.22 bits per heavy atom. The number of aromatic nitrogens is 1. The van der Waals surface area contributed by atoms with E-state index in [1.807, 2.05) is 6.92 Å². The number of pyridine rings is 1. The maximum Gasteiger partial charge on any atom is 0.326 e. The van der Waals surface area contributed by atoms with E-state index in [9.17, 15) is 19.7 Å². The third-order valence-corrected chi connectivity index (χ3v) is 2.23. The third-order valence-electron chi connectivity index (χ3n) is 2.23. The van der Waals surface area contributed by atoms with Gasteiger partial charge in [0.2, 0.25) is 0 Å². The van der Waals surface area contributed by atoms with Crippen molar-refractivity contribution in [1.29, 1.82) is 0 Å². The lowest BCUT2D eigenvalue weighted by Crippen LogP contribution is -2.26. The molecule has 0 aliphatic carbocycles. The molecule has 0 N–H and O–H groups in total. The van der Waals surface area contributed by atoms with Crippen LogP contribution in [0.4, 0.5) is 5.69 Å². The van der Waals surface area contributed by atoms with Crippen LogP contribution < -0.4 is 5.56 Å². The molecule has 0 atom stereocenters. The van der Waals surface area contributed by atoms with Crippen LogP contribution in [0.1, 0.15) is 18.9 Å². The molecule has 1 aromatic rings. The Kier molecular flexibility index (Phi) is 4.59. The second-order valence-corrected chi connectivity index (χ2v) is 3.79.